The summed E-state index contributed by atoms with van der Waals surface area (Å²) in [5.74, 6) is 1.66. The van der Waals surface area contributed by atoms with E-state index in [1.165, 1.54) is 5.56 Å². The maximum absolute atomic E-state index is 12.7. The van der Waals surface area contributed by atoms with E-state index < -0.39 is 0 Å². The van der Waals surface area contributed by atoms with Crippen LogP contribution in [0.5, 0.6) is 5.95 Å². The molecule has 2 aromatic heterocycles. The van der Waals surface area contributed by atoms with E-state index in [-0.39, 0.29) is 5.91 Å². The van der Waals surface area contributed by atoms with Crippen LogP contribution in [0.25, 0.3) is 0 Å². The topological polar surface area (TPSA) is 79.6 Å². The fourth-order valence-corrected chi connectivity index (χ4v) is 4.17. The van der Waals surface area contributed by atoms with E-state index in [1.807, 2.05) is 24.2 Å². The van der Waals surface area contributed by atoms with Crippen LogP contribution in [0, 0.1) is 5.92 Å². The standard InChI is InChI=1S/C20H26N4O3/c1-2-26-18-4-3-17(27-18)20(25)24-11-7-15(8-12-24)19-16(13-22-23-19)14-5-9-21-10-6-14/h3-6,9-10,15-16,19,22-23H,2,7-8,11-13H2,1H3. The average molecular weight is 370 g/mol. The Morgan fingerprint density at radius 2 is 2.04 bits per heavy atom. The van der Waals surface area contributed by atoms with Crippen molar-refractivity contribution in [1.29, 1.82) is 0 Å². The lowest BCUT2D eigenvalue weighted by Gasteiger charge is -2.36. The number of rotatable bonds is 5. The minimum atomic E-state index is -0.0532. The van der Waals surface area contributed by atoms with E-state index in [0.29, 0.717) is 36.2 Å². The first-order valence-electron chi connectivity index (χ1n) is 9.66. The third-order valence-corrected chi connectivity index (χ3v) is 5.57. The van der Waals surface area contributed by atoms with Gasteiger partial charge in [-0.05, 0) is 49.4 Å². The van der Waals surface area contributed by atoms with E-state index in [2.05, 4.69) is 28.0 Å². The zero-order chi connectivity index (χ0) is 18.6. The fourth-order valence-electron chi connectivity index (χ4n) is 4.17. The van der Waals surface area contributed by atoms with Gasteiger partial charge in [-0.25, -0.2) is 0 Å². The van der Waals surface area contributed by atoms with E-state index in [9.17, 15) is 4.79 Å². The van der Waals surface area contributed by atoms with Crippen LogP contribution in [-0.2, 0) is 0 Å². The van der Waals surface area contributed by atoms with Gasteiger partial charge in [-0.15, -0.1) is 0 Å². The second-order valence-corrected chi connectivity index (χ2v) is 7.12. The van der Waals surface area contributed by atoms with Crippen molar-refractivity contribution in [2.75, 3.05) is 26.2 Å². The number of carbonyl (C=O) groups excluding carboxylic acids is 1. The second kappa shape index (κ2) is 8.10. The van der Waals surface area contributed by atoms with Gasteiger partial charge in [-0.2, -0.15) is 0 Å². The molecule has 2 fully saturated rings. The lowest BCUT2D eigenvalue weighted by Crippen LogP contribution is -2.45. The number of pyridine rings is 1. The fraction of sp³-hybridized carbons (Fsp3) is 0.500. The molecule has 0 spiro atoms. The molecule has 4 heterocycles. The predicted molar refractivity (Wildman–Crippen MR) is 100 cm³/mol. The van der Waals surface area contributed by atoms with E-state index in [4.69, 9.17) is 9.15 Å². The summed E-state index contributed by atoms with van der Waals surface area (Å²) >= 11 is 0. The van der Waals surface area contributed by atoms with Crippen LogP contribution in [0.1, 0.15) is 41.8 Å². The number of ether oxygens (including phenoxy) is 1. The Balaban J connectivity index is 1.36. The lowest BCUT2D eigenvalue weighted by atomic mass is 9.80. The summed E-state index contributed by atoms with van der Waals surface area (Å²) in [6, 6.07) is 7.96. The van der Waals surface area contributed by atoms with E-state index in [1.54, 1.807) is 12.1 Å². The number of piperidine rings is 1. The Bertz CT molecular complexity index is 756. The molecule has 2 aliphatic rings. The van der Waals surface area contributed by atoms with Crippen LogP contribution in [0.2, 0.25) is 0 Å². The van der Waals surface area contributed by atoms with Gasteiger partial charge in [0, 0.05) is 50.1 Å². The third-order valence-electron chi connectivity index (χ3n) is 5.57. The number of likely N-dealkylation sites (tertiary alicyclic amines) is 1. The normalized spacial score (nSPS) is 23.5. The van der Waals surface area contributed by atoms with Crippen LogP contribution in [0.4, 0.5) is 0 Å². The molecule has 2 aliphatic heterocycles. The Hall–Kier alpha value is -2.38. The molecule has 2 aromatic rings. The minimum Gasteiger partial charge on any atom is -0.465 e. The highest BCUT2D eigenvalue weighted by atomic mass is 16.6. The van der Waals surface area contributed by atoms with Gasteiger partial charge in [0.25, 0.3) is 11.9 Å². The summed E-state index contributed by atoms with van der Waals surface area (Å²) in [6.45, 7) is 4.82. The molecule has 2 saturated heterocycles. The molecule has 144 valence electrons. The van der Waals surface area contributed by atoms with Crippen molar-refractivity contribution in [3.05, 3.63) is 48.0 Å². The third kappa shape index (κ3) is 3.84. The quantitative estimate of drug-likeness (QED) is 0.840. The van der Waals surface area contributed by atoms with Crippen LogP contribution in [0.3, 0.4) is 0 Å². The van der Waals surface area contributed by atoms with Crippen molar-refractivity contribution < 1.29 is 13.9 Å². The number of furan rings is 1. The highest BCUT2D eigenvalue weighted by Crippen LogP contribution is 2.32. The monoisotopic (exact) mass is 370 g/mol. The van der Waals surface area contributed by atoms with Crippen molar-refractivity contribution in [1.82, 2.24) is 20.7 Å². The molecule has 1 amide bonds. The van der Waals surface area contributed by atoms with Gasteiger partial charge in [-0.3, -0.25) is 20.6 Å². The molecule has 0 radical (unpaired) electrons. The van der Waals surface area contributed by atoms with Crippen molar-refractivity contribution in [2.45, 2.75) is 31.7 Å². The smallest absolute Gasteiger partial charge is 0.289 e. The maximum Gasteiger partial charge on any atom is 0.289 e. The van der Waals surface area contributed by atoms with Gasteiger partial charge >= 0.3 is 0 Å². The van der Waals surface area contributed by atoms with Crippen molar-refractivity contribution >= 4 is 5.91 Å². The first kappa shape index (κ1) is 18.0. The lowest BCUT2D eigenvalue weighted by molar-refractivity contribution is 0.0631. The molecule has 27 heavy (non-hydrogen) atoms. The molecule has 0 saturated carbocycles. The molecule has 0 aliphatic carbocycles. The highest BCUT2D eigenvalue weighted by Gasteiger charge is 2.37. The van der Waals surface area contributed by atoms with Crippen molar-refractivity contribution in [3.63, 3.8) is 0 Å². The Labute approximate surface area is 159 Å². The molecule has 7 heteroatoms. The minimum absolute atomic E-state index is 0.0532. The number of nitrogens with one attached hydrogen (secondary N) is 2. The first-order chi connectivity index (χ1) is 13.3. The number of carbonyl (C=O) groups is 1. The van der Waals surface area contributed by atoms with E-state index in [0.717, 1.165) is 32.5 Å². The molecular weight excluding hydrogens is 344 g/mol. The van der Waals surface area contributed by atoms with Crippen LogP contribution >= 0.6 is 0 Å². The molecule has 4 rings (SSSR count). The molecule has 2 unspecified atom stereocenters. The first-order valence-corrected chi connectivity index (χ1v) is 9.66. The summed E-state index contributed by atoms with van der Waals surface area (Å²) in [5.41, 5.74) is 8.08. The highest BCUT2D eigenvalue weighted by molar-refractivity contribution is 5.91. The largest absolute Gasteiger partial charge is 0.465 e. The summed E-state index contributed by atoms with van der Waals surface area (Å²) in [5, 5.41) is 0. The zero-order valence-electron chi connectivity index (χ0n) is 15.6. The molecule has 0 bridgehead atoms. The average Bonchev–Trinajstić information content (AvgIpc) is 3.38. The predicted octanol–water partition coefficient (Wildman–Crippen LogP) is 2.19. The summed E-state index contributed by atoms with van der Waals surface area (Å²) in [4.78, 5) is 18.7. The van der Waals surface area contributed by atoms with Gasteiger partial charge in [0.1, 0.15) is 0 Å². The number of hydrazine groups is 1. The van der Waals surface area contributed by atoms with Gasteiger partial charge in [0.05, 0.1) is 6.61 Å². The summed E-state index contributed by atoms with van der Waals surface area (Å²) in [7, 11) is 0. The zero-order valence-corrected chi connectivity index (χ0v) is 15.6. The van der Waals surface area contributed by atoms with Crippen LogP contribution in [0.15, 0.2) is 41.1 Å². The number of hydrogen-bond donors (Lipinski definition) is 2. The molecule has 2 N–H and O–H groups in total. The Morgan fingerprint density at radius 3 is 2.78 bits per heavy atom. The van der Waals surface area contributed by atoms with Crippen LogP contribution in [-0.4, -0.2) is 48.1 Å². The number of aromatic nitrogens is 1. The van der Waals surface area contributed by atoms with Gasteiger partial charge in [0.2, 0.25) is 0 Å². The molecule has 2 atom stereocenters. The number of hydrogen-bond acceptors (Lipinski definition) is 6. The van der Waals surface area contributed by atoms with Gasteiger partial charge < -0.3 is 14.1 Å². The molecule has 0 aromatic carbocycles. The summed E-state index contributed by atoms with van der Waals surface area (Å²) < 4.78 is 10.8. The van der Waals surface area contributed by atoms with Gasteiger partial charge in [-0.1, -0.05) is 0 Å². The van der Waals surface area contributed by atoms with Gasteiger partial charge in [0.15, 0.2) is 5.76 Å². The maximum atomic E-state index is 12.7. The van der Waals surface area contributed by atoms with Crippen LogP contribution < -0.4 is 15.6 Å². The second-order valence-electron chi connectivity index (χ2n) is 7.12. The summed E-state index contributed by atoms with van der Waals surface area (Å²) in [6.07, 6.45) is 5.66. The number of amides is 1. The Kier molecular flexibility index (Phi) is 5.40. The molecule has 7 nitrogen and oxygen atoms in total. The Morgan fingerprint density at radius 1 is 1.26 bits per heavy atom. The SMILES string of the molecule is CCOc1ccc(C(=O)N2CCC(C3NNCC3c3ccncc3)CC2)o1. The molecular formula is C20H26N4O3. The van der Waals surface area contributed by atoms with Crippen molar-refractivity contribution in [2.24, 2.45) is 5.92 Å². The van der Waals surface area contributed by atoms with E-state index >= 15 is 0 Å². The number of nitrogens with zero attached hydrogens (tertiary/aromatic N) is 2. The van der Waals surface area contributed by atoms with Crippen molar-refractivity contribution in [3.8, 4) is 5.95 Å².